The van der Waals surface area contributed by atoms with Gasteiger partial charge < -0.3 is 14.8 Å². The zero-order chi connectivity index (χ0) is 13.6. The summed E-state index contributed by atoms with van der Waals surface area (Å²) in [6.45, 7) is 4.73. The number of nitrogens with one attached hydrogen (secondary N) is 1. The Morgan fingerprint density at radius 2 is 2.11 bits per heavy atom. The van der Waals surface area contributed by atoms with Gasteiger partial charge in [-0.05, 0) is 52.0 Å². The molecule has 112 valence electrons. The summed E-state index contributed by atoms with van der Waals surface area (Å²) >= 11 is 0. The molecule has 2 rings (SSSR count). The predicted octanol–water partition coefficient (Wildman–Crippen LogP) is 3.13. The van der Waals surface area contributed by atoms with Gasteiger partial charge in [-0.3, -0.25) is 0 Å². The molecule has 0 amide bonds. The maximum atomic E-state index is 6.20. The number of hydrogen-bond donors (Lipinski definition) is 1. The van der Waals surface area contributed by atoms with Crippen molar-refractivity contribution in [1.82, 2.24) is 5.32 Å². The fourth-order valence-electron chi connectivity index (χ4n) is 3.92. The molecule has 1 N–H and O–H groups in total. The third-order valence-electron chi connectivity index (χ3n) is 5.01. The zero-order valence-electron chi connectivity index (χ0n) is 12.7. The lowest BCUT2D eigenvalue weighted by molar-refractivity contribution is -0.122. The van der Waals surface area contributed by atoms with Gasteiger partial charge >= 0.3 is 0 Å². The Hall–Kier alpha value is -0.120. The molecule has 3 heteroatoms. The predicted molar refractivity (Wildman–Crippen MR) is 78.4 cm³/mol. The van der Waals surface area contributed by atoms with E-state index in [9.17, 15) is 0 Å². The molecule has 2 aliphatic rings. The Morgan fingerprint density at radius 1 is 1.32 bits per heavy atom. The average molecular weight is 269 g/mol. The highest BCUT2D eigenvalue weighted by atomic mass is 16.5. The molecular formula is C16H31NO2. The standard InChI is InChI=1S/C16H31NO2/c1-3-18-11-8-15(17-2)14-7-12-19-16(13-14)9-5-4-6-10-16/h14-15,17H,3-13H2,1-2H3. The minimum atomic E-state index is 0.224. The van der Waals surface area contributed by atoms with E-state index in [0.29, 0.717) is 6.04 Å². The lowest BCUT2D eigenvalue weighted by Gasteiger charge is -2.45. The quantitative estimate of drug-likeness (QED) is 0.752. The molecule has 1 saturated heterocycles. The number of hydrogen-bond acceptors (Lipinski definition) is 3. The second kappa shape index (κ2) is 7.61. The van der Waals surface area contributed by atoms with Crippen molar-refractivity contribution in [3.63, 3.8) is 0 Å². The molecule has 3 nitrogen and oxygen atoms in total. The highest BCUT2D eigenvalue weighted by molar-refractivity contribution is 4.92. The molecule has 1 heterocycles. The van der Waals surface area contributed by atoms with Crippen LogP contribution in [0.4, 0.5) is 0 Å². The monoisotopic (exact) mass is 269 g/mol. The van der Waals surface area contributed by atoms with Gasteiger partial charge in [-0.15, -0.1) is 0 Å². The molecule has 19 heavy (non-hydrogen) atoms. The van der Waals surface area contributed by atoms with Gasteiger partial charge in [0, 0.05) is 25.9 Å². The van der Waals surface area contributed by atoms with Gasteiger partial charge in [-0.25, -0.2) is 0 Å². The molecule has 1 aliphatic heterocycles. The maximum absolute atomic E-state index is 6.20. The molecule has 2 fully saturated rings. The SMILES string of the molecule is CCOCCC(NC)C1CCOC2(CCCCC2)C1. The Labute approximate surface area is 118 Å². The third kappa shape index (κ3) is 4.17. The van der Waals surface area contributed by atoms with Crippen LogP contribution in [0.2, 0.25) is 0 Å². The molecule has 2 unspecified atom stereocenters. The molecule has 1 saturated carbocycles. The van der Waals surface area contributed by atoms with E-state index in [1.165, 1.54) is 44.9 Å². The normalized spacial score (nSPS) is 28.4. The first-order valence-corrected chi connectivity index (χ1v) is 8.18. The second-order valence-electron chi connectivity index (χ2n) is 6.23. The Morgan fingerprint density at radius 3 is 2.79 bits per heavy atom. The minimum Gasteiger partial charge on any atom is -0.382 e. The maximum Gasteiger partial charge on any atom is 0.0685 e. The molecule has 1 spiro atoms. The van der Waals surface area contributed by atoms with Gasteiger partial charge in [-0.2, -0.15) is 0 Å². The van der Waals surface area contributed by atoms with E-state index in [1.807, 2.05) is 0 Å². The van der Waals surface area contributed by atoms with Gasteiger partial charge in [-0.1, -0.05) is 19.3 Å². The van der Waals surface area contributed by atoms with Crippen molar-refractivity contribution < 1.29 is 9.47 Å². The smallest absolute Gasteiger partial charge is 0.0685 e. The van der Waals surface area contributed by atoms with Crippen LogP contribution in [0.3, 0.4) is 0 Å². The van der Waals surface area contributed by atoms with E-state index in [1.54, 1.807) is 0 Å². The van der Waals surface area contributed by atoms with E-state index >= 15 is 0 Å². The Balaban J connectivity index is 1.87. The molecule has 0 aromatic heterocycles. The van der Waals surface area contributed by atoms with E-state index in [-0.39, 0.29) is 5.60 Å². The highest BCUT2D eigenvalue weighted by Gasteiger charge is 2.40. The van der Waals surface area contributed by atoms with E-state index < -0.39 is 0 Å². The van der Waals surface area contributed by atoms with Crippen LogP contribution in [-0.2, 0) is 9.47 Å². The van der Waals surface area contributed by atoms with E-state index in [4.69, 9.17) is 9.47 Å². The summed E-state index contributed by atoms with van der Waals surface area (Å²) in [4.78, 5) is 0. The summed E-state index contributed by atoms with van der Waals surface area (Å²) in [5.74, 6) is 0.761. The summed E-state index contributed by atoms with van der Waals surface area (Å²) < 4.78 is 11.7. The van der Waals surface area contributed by atoms with Crippen LogP contribution in [0.15, 0.2) is 0 Å². The van der Waals surface area contributed by atoms with E-state index in [2.05, 4.69) is 19.3 Å². The topological polar surface area (TPSA) is 30.5 Å². The molecule has 0 radical (unpaired) electrons. The van der Waals surface area contributed by atoms with Crippen LogP contribution < -0.4 is 5.32 Å². The van der Waals surface area contributed by atoms with Gasteiger partial charge in [0.25, 0.3) is 0 Å². The van der Waals surface area contributed by atoms with Crippen LogP contribution >= 0.6 is 0 Å². The average Bonchev–Trinajstić information content (AvgIpc) is 2.44. The molecule has 2 atom stereocenters. The molecule has 0 aromatic carbocycles. The van der Waals surface area contributed by atoms with Crippen molar-refractivity contribution in [3.8, 4) is 0 Å². The van der Waals surface area contributed by atoms with Crippen molar-refractivity contribution in [3.05, 3.63) is 0 Å². The third-order valence-corrected chi connectivity index (χ3v) is 5.01. The highest BCUT2D eigenvalue weighted by Crippen LogP contribution is 2.41. The summed E-state index contributed by atoms with van der Waals surface area (Å²) in [7, 11) is 2.10. The van der Waals surface area contributed by atoms with Crippen molar-refractivity contribution in [1.29, 1.82) is 0 Å². The van der Waals surface area contributed by atoms with Crippen LogP contribution in [0.25, 0.3) is 0 Å². The lowest BCUT2D eigenvalue weighted by Crippen LogP contribution is -2.47. The van der Waals surface area contributed by atoms with E-state index in [0.717, 1.165) is 32.2 Å². The van der Waals surface area contributed by atoms with Crippen LogP contribution in [0.5, 0.6) is 0 Å². The van der Waals surface area contributed by atoms with Gasteiger partial charge in [0.1, 0.15) is 0 Å². The first-order valence-electron chi connectivity index (χ1n) is 8.18. The van der Waals surface area contributed by atoms with Crippen molar-refractivity contribution >= 4 is 0 Å². The summed E-state index contributed by atoms with van der Waals surface area (Å²) in [5.41, 5.74) is 0.224. The summed E-state index contributed by atoms with van der Waals surface area (Å²) in [6, 6.07) is 0.592. The van der Waals surface area contributed by atoms with Crippen LogP contribution in [0.1, 0.15) is 58.3 Å². The first kappa shape index (κ1) is 15.3. The van der Waals surface area contributed by atoms with Crippen molar-refractivity contribution in [2.24, 2.45) is 5.92 Å². The van der Waals surface area contributed by atoms with Crippen LogP contribution in [0, 0.1) is 5.92 Å². The fraction of sp³-hybridized carbons (Fsp3) is 1.00. The Bertz CT molecular complexity index is 246. The molecule has 0 bridgehead atoms. The molecule has 0 aromatic rings. The van der Waals surface area contributed by atoms with Crippen LogP contribution in [-0.4, -0.2) is 38.5 Å². The second-order valence-corrected chi connectivity index (χ2v) is 6.23. The van der Waals surface area contributed by atoms with Gasteiger partial charge in [0.2, 0.25) is 0 Å². The zero-order valence-corrected chi connectivity index (χ0v) is 12.7. The van der Waals surface area contributed by atoms with Gasteiger partial charge in [0.05, 0.1) is 5.60 Å². The molecule has 1 aliphatic carbocycles. The van der Waals surface area contributed by atoms with Gasteiger partial charge in [0.15, 0.2) is 0 Å². The minimum absolute atomic E-state index is 0.224. The first-order chi connectivity index (χ1) is 9.29. The largest absolute Gasteiger partial charge is 0.382 e. The Kier molecular flexibility index (Phi) is 6.11. The van der Waals surface area contributed by atoms with Crippen molar-refractivity contribution in [2.45, 2.75) is 69.9 Å². The summed E-state index contributed by atoms with van der Waals surface area (Å²) in [5, 5.41) is 3.52. The fourth-order valence-corrected chi connectivity index (χ4v) is 3.92. The molecular weight excluding hydrogens is 238 g/mol. The number of ether oxygens (including phenoxy) is 2. The van der Waals surface area contributed by atoms with Crippen molar-refractivity contribution in [2.75, 3.05) is 26.9 Å². The lowest BCUT2D eigenvalue weighted by atomic mass is 9.73. The summed E-state index contributed by atoms with van der Waals surface area (Å²) in [6.07, 6.45) is 10.3. The number of rotatable bonds is 6.